The van der Waals surface area contributed by atoms with Crippen molar-refractivity contribution in [2.75, 3.05) is 0 Å². The van der Waals surface area contributed by atoms with Crippen molar-refractivity contribution in [2.24, 2.45) is 12.8 Å². The Bertz CT molecular complexity index is 390. The van der Waals surface area contributed by atoms with Gasteiger partial charge in [-0.15, -0.1) is 0 Å². The number of halogens is 2. The number of nitrogens with two attached hydrogens (primary N) is 1. The van der Waals surface area contributed by atoms with Gasteiger partial charge in [-0.25, -0.2) is 0 Å². The van der Waals surface area contributed by atoms with Gasteiger partial charge in [0.25, 0.3) is 0 Å². The van der Waals surface area contributed by atoms with Gasteiger partial charge in [-0.2, -0.15) is 0 Å². The van der Waals surface area contributed by atoms with Crippen molar-refractivity contribution in [3.63, 3.8) is 0 Å². The van der Waals surface area contributed by atoms with Crippen molar-refractivity contribution in [3.8, 4) is 0 Å². The molecule has 1 aromatic heterocycles. The molecule has 90 valence electrons. The Morgan fingerprint density at radius 2 is 2.25 bits per heavy atom. The Morgan fingerprint density at radius 1 is 1.62 bits per heavy atom. The Hall–Kier alpha value is -0.710. The summed E-state index contributed by atoms with van der Waals surface area (Å²) < 4.78 is 1.80. The summed E-state index contributed by atoms with van der Waals surface area (Å²) in [5.41, 5.74) is 6.06. The standard InChI is InChI=1S/C10H15Cl2N3O/c1-6(3-9(13)16)14-5-7-4-8(11)10(12)15(7)2/h4,6,14H,3,5H2,1-2H3,(H2,13,16). The van der Waals surface area contributed by atoms with Gasteiger partial charge >= 0.3 is 0 Å². The number of nitrogens with zero attached hydrogens (tertiary/aromatic N) is 1. The fourth-order valence-electron chi connectivity index (χ4n) is 1.41. The first-order valence-corrected chi connectivity index (χ1v) is 5.68. The van der Waals surface area contributed by atoms with E-state index < -0.39 is 0 Å². The van der Waals surface area contributed by atoms with Gasteiger partial charge in [0.05, 0.1) is 5.02 Å². The maximum atomic E-state index is 10.7. The molecule has 1 atom stereocenters. The molecule has 0 aliphatic carbocycles. The summed E-state index contributed by atoms with van der Waals surface area (Å²) in [6, 6.07) is 1.83. The fourth-order valence-corrected chi connectivity index (χ4v) is 1.83. The van der Waals surface area contributed by atoms with Gasteiger partial charge in [0, 0.05) is 31.7 Å². The topological polar surface area (TPSA) is 60.1 Å². The molecule has 1 heterocycles. The van der Waals surface area contributed by atoms with Crippen LogP contribution in [0.5, 0.6) is 0 Å². The summed E-state index contributed by atoms with van der Waals surface area (Å²) in [5, 5.41) is 4.22. The molecule has 0 saturated carbocycles. The minimum atomic E-state index is -0.317. The van der Waals surface area contributed by atoms with E-state index in [9.17, 15) is 4.79 Å². The predicted octanol–water partition coefficient (Wildman–Crippen LogP) is 1.69. The fraction of sp³-hybridized carbons (Fsp3) is 0.500. The second kappa shape index (κ2) is 5.57. The number of carbonyl (C=O) groups excluding carboxylic acids is 1. The second-order valence-corrected chi connectivity index (χ2v) is 4.55. The molecule has 0 saturated heterocycles. The molecule has 0 aliphatic heterocycles. The number of aromatic nitrogens is 1. The summed E-state index contributed by atoms with van der Waals surface area (Å²) in [6.45, 7) is 2.49. The van der Waals surface area contributed by atoms with Gasteiger partial charge in [-0.3, -0.25) is 4.79 Å². The third-order valence-electron chi connectivity index (χ3n) is 2.35. The van der Waals surface area contributed by atoms with Gasteiger partial charge in [0.15, 0.2) is 0 Å². The largest absolute Gasteiger partial charge is 0.370 e. The lowest BCUT2D eigenvalue weighted by atomic mass is 10.2. The van der Waals surface area contributed by atoms with E-state index in [1.165, 1.54) is 0 Å². The van der Waals surface area contributed by atoms with Crippen LogP contribution in [-0.2, 0) is 18.4 Å². The van der Waals surface area contributed by atoms with Crippen LogP contribution in [0.2, 0.25) is 10.2 Å². The quantitative estimate of drug-likeness (QED) is 0.850. The average Bonchev–Trinajstić information content (AvgIpc) is 2.42. The molecule has 16 heavy (non-hydrogen) atoms. The highest BCUT2D eigenvalue weighted by Gasteiger charge is 2.10. The van der Waals surface area contributed by atoms with Crippen LogP contribution in [0.4, 0.5) is 0 Å². The zero-order chi connectivity index (χ0) is 12.3. The maximum Gasteiger partial charge on any atom is 0.218 e. The van der Waals surface area contributed by atoms with Gasteiger partial charge in [0.1, 0.15) is 5.15 Å². The molecule has 3 N–H and O–H groups in total. The zero-order valence-corrected chi connectivity index (χ0v) is 10.8. The van der Waals surface area contributed by atoms with E-state index in [1.807, 2.05) is 14.0 Å². The van der Waals surface area contributed by atoms with E-state index in [-0.39, 0.29) is 11.9 Å². The minimum absolute atomic E-state index is 0.0324. The van der Waals surface area contributed by atoms with E-state index in [2.05, 4.69) is 5.32 Å². The number of amides is 1. The number of hydrogen-bond acceptors (Lipinski definition) is 2. The normalized spacial score (nSPS) is 12.8. The first-order valence-electron chi connectivity index (χ1n) is 4.93. The lowest BCUT2D eigenvalue weighted by Gasteiger charge is -2.12. The molecule has 6 heteroatoms. The van der Waals surface area contributed by atoms with Gasteiger partial charge in [-0.1, -0.05) is 23.2 Å². The lowest BCUT2D eigenvalue weighted by Crippen LogP contribution is -2.31. The molecule has 0 aromatic carbocycles. The molecular formula is C10H15Cl2N3O. The SMILES string of the molecule is CC(CC(N)=O)NCc1cc(Cl)c(Cl)n1C. The monoisotopic (exact) mass is 263 g/mol. The number of rotatable bonds is 5. The first-order chi connectivity index (χ1) is 7.41. The highest BCUT2D eigenvalue weighted by atomic mass is 35.5. The Balaban J connectivity index is 2.54. The molecule has 0 spiro atoms. The van der Waals surface area contributed by atoms with Crippen molar-refractivity contribution in [2.45, 2.75) is 25.9 Å². The maximum absolute atomic E-state index is 10.7. The smallest absolute Gasteiger partial charge is 0.218 e. The van der Waals surface area contributed by atoms with Crippen LogP contribution in [0.25, 0.3) is 0 Å². The molecule has 1 rings (SSSR count). The summed E-state index contributed by atoms with van der Waals surface area (Å²) in [6.07, 6.45) is 0.311. The van der Waals surface area contributed by atoms with Gasteiger partial charge in [-0.05, 0) is 13.0 Å². The van der Waals surface area contributed by atoms with Crippen molar-refractivity contribution >= 4 is 29.1 Å². The van der Waals surface area contributed by atoms with Crippen LogP contribution in [-0.4, -0.2) is 16.5 Å². The number of hydrogen-bond donors (Lipinski definition) is 2. The van der Waals surface area contributed by atoms with Gasteiger partial charge < -0.3 is 15.6 Å². The molecule has 0 fully saturated rings. The highest BCUT2D eigenvalue weighted by Crippen LogP contribution is 2.24. The van der Waals surface area contributed by atoms with E-state index >= 15 is 0 Å². The van der Waals surface area contributed by atoms with E-state index in [1.54, 1.807) is 10.6 Å². The van der Waals surface area contributed by atoms with Crippen LogP contribution >= 0.6 is 23.2 Å². The molecule has 0 radical (unpaired) electrons. The summed E-state index contributed by atoms with van der Waals surface area (Å²) in [5.74, 6) is -0.317. The van der Waals surface area contributed by atoms with Crippen LogP contribution < -0.4 is 11.1 Å². The predicted molar refractivity (Wildman–Crippen MR) is 65.5 cm³/mol. The number of carbonyl (C=O) groups is 1. The Labute approximate surface area is 105 Å². The summed E-state index contributed by atoms with van der Waals surface area (Å²) in [4.78, 5) is 10.7. The zero-order valence-electron chi connectivity index (χ0n) is 9.26. The summed E-state index contributed by atoms with van der Waals surface area (Å²) >= 11 is 11.8. The van der Waals surface area contributed by atoms with E-state index in [0.29, 0.717) is 23.1 Å². The number of primary amides is 1. The molecule has 0 aliphatic rings. The summed E-state index contributed by atoms with van der Waals surface area (Å²) in [7, 11) is 1.84. The van der Waals surface area contributed by atoms with Crippen molar-refractivity contribution < 1.29 is 4.79 Å². The van der Waals surface area contributed by atoms with Crippen LogP contribution in [0, 0.1) is 0 Å². The average molecular weight is 264 g/mol. The highest BCUT2D eigenvalue weighted by molar-refractivity contribution is 6.41. The molecular weight excluding hydrogens is 249 g/mol. The lowest BCUT2D eigenvalue weighted by molar-refractivity contribution is -0.118. The van der Waals surface area contributed by atoms with E-state index in [0.717, 1.165) is 5.69 Å². The molecule has 4 nitrogen and oxygen atoms in total. The third kappa shape index (κ3) is 3.40. The van der Waals surface area contributed by atoms with Crippen LogP contribution in [0.3, 0.4) is 0 Å². The van der Waals surface area contributed by atoms with Crippen LogP contribution in [0.1, 0.15) is 19.0 Å². The molecule has 1 unspecified atom stereocenters. The molecule has 0 bridgehead atoms. The van der Waals surface area contributed by atoms with Gasteiger partial charge in [0.2, 0.25) is 5.91 Å². The van der Waals surface area contributed by atoms with Crippen molar-refractivity contribution in [1.29, 1.82) is 0 Å². The van der Waals surface area contributed by atoms with Crippen molar-refractivity contribution in [1.82, 2.24) is 9.88 Å². The minimum Gasteiger partial charge on any atom is -0.370 e. The van der Waals surface area contributed by atoms with E-state index in [4.69, 9.17) is 28.9 Å². The third-order valence-corrected chi connectivity index (χ3v) is 3.20. The van der Waals surface area contributed by atoms with Crippen LogP contribution in [0.15, 0.2) is 6.07 Å². The second-order valence-electron chi connectivity index (χ2n) is 3.79. The van der Waals surface area contributed by atoms with Crippen molar-refractivity contribution in [3.05, 3.63) is 21.9 Å². The molecule has 1 amide bonds. The first kappa shape index (κ1) is 13.4. The number of nitrogens with one attached hydrogen (secondary N) is 1. The molecule has 1 aromatic rings. The Morgan fingerprint density at radius 3 is 2.69 bits per heavy atom. The Kier molecular flexibility index (Phi) is 4.65.